The maximum atomic E-state index is 15.9. The molecular formula is C29H47FO. The Hall–Kier alpha value is -0.400. The number of ketones is 1. The molecule has 0 N–H and O–H groups in total. The molecule has 1 atom stereocenters. The Bertz CT molecular complexity index is 623. The molecule has 0 heterocycles. The van der Waals surface area contributed by atoms with Crippen molar-refractivity contribution in [2.24, 2.45) is 46.3 Å². The van der Waals surface area contributed by atoms with E-state index in [1.165, 1.54) is 57.8 Å². The van der Waals surface area contributed by atoms with E-state index in [1.807, 2.05) is 0 Å². The highest BCUT2D eigenvalue weighted by atomic mass is 19.1. The molecule has 0 radical (unpaired) electrons. The van der Waals surface area contributed by atoms with Gasteiger partial charge in [0.1, 0.15) is 6.17 Å². The van der Waals surface area contributed by atoms with E-state index >= 15 is 4.39 Å². The first-order valence-corrected chi connectivity index (χ1v) is 14.2. The quantitative estimate of drug-likeness (QED) is 0.440. The summed E-state index contributed by atoms with van der Waals surface area (Å²) in [5.74, 6) is 5.46. The van der Waals surface area contributed by atoms with Crippen LogP contribution in [0.4, 0.5) is 4.39 Å². The predicted octanol–water partition coefficient (Wildman–Crippen LogP) is 8.30. The first kappa shape index (κ1) is 22.4. The minimum Gasteiger partial charge on any atom is -0.298 e. The van der Waals surface area contributed by atoms with Crippen molar-refractivity contribution in [3.63, 3.8) is 0 Å². The lowest BCUT2D eigenvalue weighted by Crippen LogP contribution is -2.69. The lowest BCUT2D eigenvalue weighted by molar-refractivity contribution is -0.194. The first-order valence-electron chi connectivity index (χ1n) is 14.2. The van der Waals surface area contributed by atoms with Gasteiger partial charge in [0.25, 0.3) is 0 Å². The number of carbonyl (C=O) groups excluding carboxylic acids is 1. The normalized spacial score (nSPS) is 51.1. The molecule has 5 rings (SSSR count). The van der Waals surface area contributed by atoms with Gasteiger partial charge < -0.3 is 0 Å². The van der Waals surface area contributed by atoms with Crippen molar-refractivity contribution in [3.05, 3.63) is 0 Å². The molecule has 1 nitrogen and oxygen atoms in total. The number of halogens is 1. The average molecular weight is 431 g/mol. The molecule has 5 aliphatic carbocycles. The summed E-state index contributed by atoms with van der Waals surface area (Å²) >= 11 is 0. The Balaban J connectivity index is 1.14. The third kappa shape index (κ3) is 3.74. The fraction of sp³-hybridized carbons (Fsp3) is 0.966. The molecule has 0 amide bonds. The van der Waals surface area contributed by atoms with Gasteiger partial charge in [0.15, 0.2) is 5.78 Å². The van der Waals surface area contributed by atoms with E-state index in [1.54, 1.807) is 0 Å². The van der Waals surface area contributed by atoms with Crippen LogP contribution in [0.25, 0.3) is 0 Å². The summed E-state index contributed by atoms with van der Waals surface area (Å²) in [4.78, 5) is 13.6. The van der Waals surface area contributed by atoms with Crippen LogP contribution in [0.15, 0.2) is 0 Å². The second-order valence-electron chi connectivity index (χ2n) is 12.9. The van der Waals surface area contributed by atoms with Crippen molar-refractivity contribution in [1.82, 2.24) is 0 Å². The van der Waals surface area contributed by atoms with Crippen molar-refractivity contribution in [2.75, 3.05) is 0 Å². The maximum absolute atomic E-state index is 15.9. The summed E-state index contributed by atoms with van der Waals surface area (Å²) in [6.07, 6.45) is 19.5. The van der Waals surface area contributed by atoms with Gasteiger partial charge in [0, 0.05) is 0 Å². The number of hydrogen-bond acceptors (Lipinski definition) is 1. The van der Waals surface area contributed by atoms with Gasteiger partial charge in [0.05, 0.1) is 10.8 Å². The van der Waals surface area contributed by atoms with Crippen LogP contribution in [0.2, 0.25) is 0 Å². The number of hydrogen-bond donors (Lipinski definition) is 0. The van der Waals surface area contributed by atoms with Crippen LogP contribution in [0, 0.1) is 46.3 Å². The standard InChI is InChI=1S/C29H47FO/c1-3-21-6-10-23(11-7-21)25-14-18-29(19-15-25)26(30)28(27(29)31)16-12-24(13-17-28)22-8-4-20(2)5-9-22/h20-26H,3-19H2,1-2H3/t20?,21?,22?,23?,24?,25?,26-,28?,29?/m0/s1. The summed E-state index contributed by atoms with van der Waals surface area (Å²) < 4.78 is 15.9. The molecule has 2 spiro atoms. The maximum Gasteiger partial charge on any atom is 0.151 e. The van der Waals surface area contributed by atoms with Gasteiger partial charge in [-0.05, 0) is 113 Å². The summed E-state index contributed by atoms with van der Waals surface area (Å²) in [5, 5.41) is 0. The van der Waals surface area contributed by atoms with Gasteiger partial charge in [-0.25, -0.2) is 4.39 Å². The zero-order chi connectivity index (χ0) is 21.6. The van der Waals surface area contributed by atoms with Crippen LogP contribution < -0.4 is 0 Å². The third-order valence-corrected chi connectivity index (χ3v) is 11.6. The van der Waals surface area contributed by atoms with E-state index in [4.69, 9.17) is 0 Å². The number of carbonyl (C=O) groups is 1. The van der Waals surface area contributed by atoms with Gasteiger partial charge in [-0.3, -0.25) is 4.79 Å². The topological polar surface area (TPSA) is 17.1 Å². The van der Waals surface area contributed by atoms with Crippen LogP contribution in [0.5, 0.6) is 0 Å². The fourth-order valence-electron chi connectivity index (χ4n) is 9.22. The Morgan fingerprint density at radius 3 is 1.45 bits per heavy atom. The van der Waals surface area contributed by atoms with Gasteiger partial charge in [0.2, 0.25) is 0 Å². The molecule has 0 aromatic heterocycles. The van der Waals surface area contributed by atoms with Crippen LogP contribution >= 0.6 is 0 Å². The van der Waals surface area contributed by atoms with E-state index in [0.29, 0.717) is 5.78 Å². The summed E-state index contributed by atoms with van der Waals surface area (Å²) in [6, 6.07) is 0. The van der Waals surface area contributed by atoms with Gasteiger partial charge >= 0.3 is 0 Å². The molecule has 0 aliphatic heterocycles. The number of Topliss-reactive ketones (excluding diaryl/α,β-unsaturated/α-hetero) is 1. The van der Waals surface area contributed by atoms with E-state index < -0.39 is 17.0 Å². The highest BCUT2D eigenvalue weighted by molar-refractivity contribution is 5.98. The van der Waals surface area contributed by atoms with Crippen molar-refractivity contribution in [2.45, 2.75) is 129 Å². The van der Waals surface area contributed by atoms with Crippen LogP contribution in [0.1, 0.15) is 123 Å². The minimum absolute atomic E-state index is 0.372. The highest BCUT2D eigenvalue weighted by Crippen LogP contribution is 2.66. The Labute approximate surface area is 190 Å². The minimum atomic E-state index is -0.836. The smallest absolute Gasteiger partial charge is 0.151 e. The molecule has 0 aromatic rings. The van der Waals surface area contributed by atoms with Crippen molar-refractivity contribution in [1.29, 1.82) is 0 Å². The second kappa shape index (κ2) is 8.75. The largest absolute Gasteiger partial charge is 0.298 e. The zero-order valence-corrected chi connectivity index (χ0v) is 20.3. The fourth-order valence-corrected chi connectivity index (χ4v) is 9.22. The van der Waals surface area contributed by atoms with E-state index in [-0.39, 0.29) is 0 Å². The highest BCUT2D eigenvalue weighted by Gasteiger charge is 2.71. The van der Waals surface area contributed by atoms with Gasteiger partial charge in [-0.15, -0.1) is 0 Å². The molecule has 0 bridgehead atoms. The van der Waals surface area contributed by atoms with Gasteiger partial charge in [-0.1, -0.05) is 46.0 Å². The van der Waals surface area contributed by atoms with Crippen LogP contribution in [0.3, 0.4) is 0 Å². The first-order chi connectivity index (χ1) is 15.0. The molecule has 5 saturated carbocycles. The Morgan fingerprint density at radius 2 is 1.06 bits per heavy atom. The van der Waals surface area contributed by atoms with E-state index in [2.05, 4.69) is 13.8 Å². The van der Waals surface area contributed by atoms with Crippen molar-refractivity contribution >= 4 is 5.78 Å². The van der Waals surface area contributed by atoms with Gasteiger partial charge in [-0.2, -0.15) is 0 Å². The lowest BCUT2D eigenvalue weighted by atomic mass is 9.41. The monoisotopic (exact) mass is 430 g/mol. The molecule has 0 aromatic carbocycles. The van der Waals surface area contributed by atoms with Crippen molar-refractivity contribution < 1.29 is 9.18 Å². The molecule has 0 unspecified atom stereocenters. The molecule has 5 aliphatic rings. The average Bonchev–Trinajstić information content (AvgIpc) is 2.84. The number of alkyl halides is 1. The van der Waals surface area contributed by atoms with Crippen LogP contribution in [-0.2, 0) is 4.79 Å². The molecule has 0 saturated heterocycles. The summed E-state index contributed by atoms with van der Waals surface area (Å²) in [5.41, 5.74) is -1.13. The Morgan fingerprint density at radius 1 is 0.677 bits per heavy atom. The van der Waals surface area contributed by atoms with Crippen molar-refractivity contribution in [3.8, 4) is 0 Å². The van der Waals surface area contributed by atoms with E-state index in [9.17, 15) is 4.79 Å². The summed E-state index contributed by atoms with van der Waals surface area (Å²) in [6.45, 7) is 4.72. The molecule has 2 heteroatoms. The van der Waals surface area contributed by atoms with E-state index in [0.717, 1.165) is 86.9 Å². The third-order valence-electron chi connectivity index (χ3n) is 11.6. The summed E-state index contributed by atoms with van der Waals surface area (Å²) in [7, 11) is 0. The number of rotatable bonds is 3. The molecule has 5 fully saturated rings. The lowest BCUT2D eigenvalue weighted by Gasteiger charge is -2.62. The zero-order valence-electron chi connectivity index (χ0n) is 20.3. The molecule has 31 heavy (non-hydrogen) atoms. The SMILES string of the molecule is CCC1CCC(C2CCC3(CC2)C(=O)C2(CCC(C4CCC(C)CC4)CC2)[C@@H]3F)CC1. The predicted molar refractivity (Wildman–Crippen MR) is 126 cm³/mol. The Kier molecular flexibility index (Phi) is 6.32. The second-order valence-corrected chi connectivity index (χ2v) is 12.9. The molecular weight excluding hydrogens is 383 g/mol. The van der Waals surface area contributed by atoms with Crippen LogP contribution in [-0.4, -0.2) is 12.0 Å². The molecule has 176 valence electrons.